The molecule has 0 atom stereocenters. The van der Waals surface area contributed by atoms with Crippen LogP contribution < -0.4 is 5.32 Å². The van der Waals surface area contributed by atoms with E-state index >= 15 is 0 Å². The maximum absolute atomic E-state index is 12.7. The standard InChI is InChI=1S/C12H11ClF3N3/c1-19-5-4-9(18-19)7-17-8-2-3-11(13)10(6-8)12(14,15)16/h2-6,17H,7H2,1H3. The molecule has 1 N–H and O–H groups in total. The number of hydrogen-bond donors (Lipinski definition) is 1. The second-order valence-corrected chi connectivity index (χ2v) is 4.43. The fourth-order valence-corrected chi connectivity index (χ4v) is 1.83. The number of alkyl halides is 3. The predicted molar refractivity (Wildman–Crippen MR) is 67.0 cm³/mol. The third-order valence-electron chi connectivity index (χ3n) is 2.51. The summed E-state index contributed by atoms with van der Waals surface area (Å²) < 4.78 is 39.6. The molecule has 3 nitrogen and oxygen atoms in total. The van der Waals surface area contributed by atoms with Crippen LogP contribution in [0.5, 0.6) is 0 Å². The first-order chi connectivity index (χ1) is 8.86. The maximum atomic E-state index is 12.7. The Hall–Kier alpha value is -1.69. The molecule has 0 aliphatic carbocycles. The zero-order valence-corrected chi connectivity index (χ0v) is 10.8. The van der Waals surface area contributed by atoms with Crippen molar-refractivity contribution < 1.29 is 13.2 Å². The van der Waals surface area contributed by atoms with Crippen LogP contribution in [0.2, 0.25) is 5.02 Å². The lowest BCUT2D eigenvalue weighted by atomic mass is 10.2. The summed E-state index contributed by atoms with van der Waals surface area (Å²) in [5.41, 5.74) is 0.244. The minimum absolute atomic E-state index is 0.309. The van der Waals surface area contributed by atoms with Gasteiger partial charge in [-0.25, -0.2) is 0 Å². The summed E-state index contributed by atoms with van der Waals surface area (Å²) in [6.45, 7) is 0.347. The Morgan fingerprint density at radius 1 is 1.32 bits per heavy atom. The van der Waals surface area contributed by atoms with E-state index < -0.39 is 11.7 Å². The van der Waals surface area contributed by atoms with E-state index in [-0.39, 0.29) is 5.02 Å². The Labute approximate surface area is 113 Å². The molecule has 0 saturated heterocycles. The summed E-state index contributed by atoms with van der Waals surface area (Å²) in [5.74, 6) is 0. The summed E-state index contributed by atoms with van der Waals surface area (Å²) in [6, 6.07) is 5.50. The van der Waals surface area contributed by atoms with Crippen molar-refractivity contribution in [3.8, 4) is 0 Å². The van der Waals surface area contributed by atoms with Crippen molar-refractivity contribution in [2.24, 2.45) is 7.05 Å². The van der Waals surface area contributed by atoms with E-state index in [1.165, 1.54) is 12.1 Å². The van der Waals surface area contributed by atoms with Gasteiger partial charge in [-0.2, -0.15) is 18.3 Å². The summed E-state index contributed by atoms with van der Waals surface area (Å²) in [4.78, 5) is 0. The van der Waals surface area contributed by atoms with E-state index in [9.17, 15) is 13.2 Å². The highest BCUT2D eigenvalue weighted by molar-refractivity contribution is 6.31. The number of nitrogens with zero attached hydrogens (tertiary/aromatic N) is 2. The smallest absolute Gasteiger partial charge is 0.379 e. The Morgan fingerprint density at radius 2 is 2.05 bits per heavy atom. The van der Waals surface area contributed by atoms with Crippen molar-refractivity contribution in [2.75, 3.05) is 5.32 Å². The van der Waals surface area contributed by atoms with Gasteiger partial charge in [0, 0.05) is 18.9 Å². The molecule has 0 unspecified atom stereocenters. The van der Waals surface area contributed by atoms with Gasteiger partial charge in [-0.05, 0) is 24.3 Å². The number of aromatic nitrogens is 2. The van der Waals surface area contributed by atoms with E-state index in [0.29, 0.717) is 12.2 Å². The van der Waals surface area contributed by atoms with Crippen molar-refractivity contribution >= 4 is 17.3 Å². The minimum Gasteiger partial charge on any atom is -0.379 e. The largest absolute Gasteiger partial charge is 0.417 e. The first-order valence-electron chi connectivity index (χ1n) is 5.45. The quantitative estimate of drug-likeness (QED) is 0.933. The van der Waals surface area contributed by atoms with Gasteiger partial charge in [0.1, 0.15) is 0 Å². The molecule has 102 valence electrons. The van der Waals surface area contributed by atoms with Gasteiger partial charge < -0.3 is 5.32 Å². The van der Waals surface area contributed by atoms with Crippen LogP contribution in [0.4, 0.5) is 18.9 Å². The fourth-order valence-electron chi connectivity index (χ4n) is 1.60. The lowest BCUT2D eigenvalue weighted by molar-refractivity contribution is -0.137. The van der Waals surface area contributed by atoms with Crippen LogP contribution in [0.25, 0.3) is 0 Å². The molecular weight excluding hydrogens is 279 g/mol. The topological polar surface area (TPSA) is 29.9 Å². The summed E-state index contributed by atoms with van der Waals surface area (Å²) in [7, 11) is 1.77. The number of rotatable bonds is 3. The number of benzene rings is 1. The van der Waals surface area contributed by atoms with E-state index in [2.05, 4.69) is 10.4 Å². The van der Waals surface area contributed by atoms with Gasteiger partial charge in [0.2, 0.25) is 0 Å². The Bertz CT molecular complexity index is 578. The Kier molecular flexibility index (Phi) is 3.71. The molecule has 2 rings (SSSR count). The summed E-state index contributed by atoms with van der Waals surface area (Å²) >= 11 is 5.54. The molecule has 0 aliphatic rings. The molecule has 0 aliphatic heterocycles. The fraction of sp³-hybridized carbons (Fsp3) is 0.250. The van der Waals surface area contributed by atoms with Gasteiger partial charge in [-0.3, -0.25) is 4.68 Å². The highest BCUT2D eigenvalue weighted by Crippen LogP contribution is 2.36. The molecule has 0 radical (unpaired) electrons. The molecule has 2 aromatic rings. The van der Waals surface area contributed by atoms with E-state index in [1.54, 1.807) is 24.0 Å². The van der Waals surface area contributed by atoms with Crippen LogP contribution in [0.1, 0.15) is 11.3 Å². The molecule has 7 heteroatoms. The zero-order valence-electron chi connectivity index (χ0n) is 10.0. The number of aryl methyl sites for hydroxylation is 1. The first-order valence-corrected chi connectivity index (χ1v) is 5.83. The third-order valence-corrected chi connectivity index (χ3v) is 2.84. The second kappa shape index (κ2) is 5.13. The molecular formula is C12H11ClF3N3. The maximum Gasteiger partial charge on any atom is 0.417 e. The molecule has 0 saturated carbocycles. The van der Waals surface area contributed by atoms with Gasteiger partial charge in [0.05, 0.1) is 22.8 Å². The monoisotopic (exact) mass is 289 g/mol. The summed E-state index contributed by atoms with van der Waals surface area (Å²) in [6.07, 6.45) is -2.69. The Balaban J connectivity index is 2.13. The third kappa shape index (κ3) is 3.41. The SMILES string of the molecule is Cn1ccc(CNc2ccc(Cl)c(C(F)(F)F)c2)n1. The van der Waals surface area contributed by atoms with Gasteiger partial charge in [-0.1, -0.05) is 11.6 Å². The van der Waals surface area contributed by atoms with Gasteiger partial charge in [0.15, 0.2) is 0 Å². The molecule has 19 heavy (non-hydrogen) atoms. The van der Waals surface area contributed by atoms with Crippen molar-refractivity contribution in [2.45, 2.75) is 12.7 Å². The number of nitrogens with one attached hydrogen (secondary N) is 1. The summed E-state index contributed by atoms with van der Waals surface area (Å²) in [5, 5.41) is 6.69. The second-order valence-electron chi connectivity index (χ2n) is 4.03. The average molecular weight is 290 g/mol. The predicted octanol–water partition coefficient (Wildman–Crippen LogP) is 3.70. The first kappa shape index (κ1) is 13.7. The van der Waals surface area contributed by atoms with Crippen LogP contribution in [-0.4, -0.2) is 9.78 Å². The lowest BCUT2D eigenvalue weighted by Crippen LogP contribution is -2.07. The van der Waals surface area contributed by atoms with Crippen molar-refractivity contribution in [3.63, 3.8) is 0 Å². The highest BCUT2D eigenvalue weighted by atomic mass is 35.5. The van der Waals surface area contributed by atoms with Crippen molar-refractivity contribution in [1.29, 1.82) is 0 Å². The lowest BCUT2D eigenvalue weighted by Gasteiger charge is -2.11. The highest BCUT2D eigenvalue weighted by Gasteiger charge is 2.33. The number of hydrogen-bond acceptors (Lipinski definition) is 2. The van der Waals surface area contributed by atoms with Crippen LogP contribution in [0, 0.1) is 0 Å². The number of anilines is 1. The van der Waals surface area contributed by atoms with E-state index in [0.717, 1.165) is 11.8 Å². The van der Waals surface area contributed by atoms with Gasteiger partial charge >= 0.3 is 6.18 Å². The molecule has 1 aromatic heterocycles. The molecule has 1 heterocycles. The van der Waals surface area contributed by atoms with Crippen LogP contribution >= 0.6 is 11.6 Å². The minimum atomic E-state index is -4.46. The molecule has 1 aromatic carbocycles. The Morgan fingerprint density at radius 3 is 2.63 bits per heavy atom. The van der Waals surface area contributed by atoms with Gasteiger partial charge in [0.25, 0.3) is 0 Å². The molecule has 0 fully saturated rings. The molecule has 0 bridgehead atoms. The normalized spacial score (nSPS) is 11.6. The molecule has 0 amide bonds. The van der Waals surface area contributed by atoms with Crippen molar-refractivity contribution in [1.82, 2.24) is 9.78 Å². The van der Waals surface area contributed by atoms with Crippen LogP contribution in [0.15, 0.2) is 30.5 Å². The van der Waals surface area contributed by atoms with Gasteiger partial charge in [-0.15, -0.1) is 0 Å². The zero-order chi connectivity index (χ0) is 14.0. The number of halogens is 4. The van der Waals surface area contributed by atoms with Crippen molar-refractivity contribution in [3.05, 3.63) is 46.7 Å². The molecule has 0 spiro atoms. The average Bonchev–Trinajstić information content (AvgIpc) is 2.72. The van der Waals surface area contributed by atoms with Crippen LogP contribution in [0.3, 0.4) is 0 Å². The van der Waals surface area contributed by atoms with E-state index in [4.69, 9.17) is 11.6 Å². The van der Waals surface area contributed by atoms with E-state index in [1.807, 2.05) is 0 Å². The van der Waals surface area contributed by atoms with Crippen LogP contribution in [-0.2, 0) is 19.8 Å².